The maximum atomic E-state index is 12.7. The van der Waals surface area contributed by atoms with Crippen molar-refractivity contribution in [2.45, 2.75) is 39.8 Å². The molecule has 1 aliphatic rings. The van der Waals surface area contributed by atoms with Gasteiger partial charge < -0.3 is 29.4 Å². The molecule has 2 heterocycles. The van der Waals surface area contributed by atoms with E-state index in [1.54, 1.807) is 13.1 Å². The minimum Gasteiger partial charge on any atom is -0.454 e. The molecule has 0 unspecified atom stereocenters. The monoisotopic (exact) mass is 538 g/mol. The molecular formula is C19H25F2IN4O4. The number of ether oxygens (including phenoxy) is 3. The van der Waals surface area contributed by atoms with Crippen LogP contribution in [0.2, 0.25) is 0 Å². The minimum absolute atomic E-state index is 0. The summed E-state index contributed by atoms with van der Waals surface area (Å²) in [5.41, 5.74) is 2.52. The van der Waals surface area contributed by atoms with Crippen molar-refractivity contribution in [1.29, 1.82) is 0 Å². The molecule has 0 atom stereocenters. The Morgan fingerprint density at radius 3 is 2.60 bits per heavy atom. The molecule has 0 amide bonds. The van der Waals surface area contributed by atoms with Crippen LogP contribution in [0.1, 0.15) is 29.0 Å². The number of fused-ring (bicyclic) bond motifs is 1. The van der Waals surface area contributed by atoms with Crippen LogP contribution in [-0.4, -0.2) is 38.1 Å². The van der Waals surface area contributed by atoms with Crippen LogP contribution in [-0.2, 0) is 13.0 Å². The number of hydrogen-bond donors (Lipinski definition) is 2. The number of aliphatic imine (C=N–C) groups is 1. The summed E-state index contributed by atoms with van der Waals surface area (Å²) in [7, 11) is 1.64. The first kappa shape index (κ1) is 24.0. The van der Waals surface area contributed by atoms with Crippen molar-refractivity contribution in [2.75, 3.05) is 20.4 Å². The fourth-order valence-electron chi connectivity index (χ4n) is 3.04. The fraction of sp³-hybridized carbons (Fsp3) is 0.474. The van der Waals surface area contributed by atoms with E-state index in [0.29, 0.717) is 29.6 Å². The summed E-state index contributed by atoms with van der Waals surface area (Å²) < 4.78 is 45.8. The molecule has 11 heteroatoms. The van der Waals surface area contributed by atoms with E-state index in [1.165, 1.54) is 6.07 Å². The Morgan fingerprint density at radius 2 is 1.97 bits per heavy atom. The predicted octanol–water partition coefficient (Wildman–Crippen LogP) is 3.54. The number of hydrogen-bond acceptors (Lipinski definition) is 6. The van der Waals surface area contributed by atoms with Gasteiger partial charge in [0.05, 0.1) is 5.69 Å². The zero-order valence-electron chi connectivity index (χ0n) is 17.0. The molecule has 2 N–H and O–H groups in total. The molecule has 0 saturated heterocycles. The van der Waals surface area contributed by atoms with Crippen molar-refractivity contribution >= 4 is 29.9 Å². The Hall–Kier alpha value is -2.31. The molecule has 30 heavy (non-hydrogen) atoms. The number of halogens is 3. The van der Waals surface area contributed by atoms with Gasteiger partial charge >= 0.3 is 6.61 Å². The molecule has 0 aliphatic carbocycles. The average Bonchev–Trinajstić information content (AvgIpc) is 3.27. The summed E-state index contributed by atoms with van der Waals surface area (Å²) in [5, 5.41) is 10.2. The van der Waals surface area contributed by atoms with Crippen LogP contribution >= 0.6 is 24.0 Å². The van der Waals surface area contributed by atoms with E-state index in [1.807, 2.05) is 13.8 Å². The van der Waals surface area contributed by atoms with Gasteiger partial charge in [-0.2, -0.15) is 8.78 Å². The molecule has 3 rings (SSSR count). The lowest BCUT2D eigenvalue weighted by Crippen LogP contribution is -2.37. The van der Waals surface area contributed by atoms with Crippen LogP contribution < -0.4 is 24.8 Å². The van der Waals surface area contributed by atoms with Crippen LogP contribution in [0.5, 0.6) is 17.2 Å². The third kappa shape index (κ3) is 6.09. The van der Waals surface area contributed by atoms with Crippen molar-refractivity contribution in [2.24, 2.45) is 4.99 Å². The fourth-order valence-corrected chi connectivity index (χ4v) is 3.04. The zero-order valence-corrected chi connectivity index (χ0v) is 19.3. The average molecular weight is 538 g/mol. The highest BCUT2D eigenvalue weighted by Crippen LogP contribution is 2.38. The van der Waals surface area contributed by atoms with Crippen LogP contribution in [0.25, 0.3) is 0 Å². The number of nitrogens with zero attached hydrogens (tertiary/aromatic N) is 2. The quantitative estimate of drug-likeness (QED) is 0.230. The summed E-state index contributed by atoms with van der Waals surface area (Å²) in [6.07, 6.45) is 1.69. The highest BCUT2D eigenvalue weighted by atomic mass is 127. The molecule has 0 bridgehead atoms. The second-order valence-corrected chi connectivity index (χ2v) is 6.45. The molecule has 1 aromatic heterocycles. The molecule has 0 saturated carbocycles. The van der Waals surface area contributed by atoms with E-state index in [0.717, 1.165) is 29.9 Å². The van der Waals surface area contributed by atoms with Gasteiger partial charge in [-0.05, 0) is 32.8 Å². The Balaban J connectivity index is 0.00000320. The van der Waals surface area contributed by atoms with E-state index in [2.05, 4.69) is 25.5 Å². The van der Waals surface area contributed by atoms with Crippen molar-refractivity contribution < 1.29 is 27.5 Å². The van der Waals surface area contributed by atoms with E-state index in [-0.39, 0.29) is 43.1 Å². The predicted molar refractivity (Wildman–Crippen MR) is 117 cm³/mol. The number of aryl methyl sites for hydroxylation is 2. The second kappa shape index (κ2) is 11.2. The van der Waals surface area contributed by atoms with E-state index >= 15 is 0 Å². The number of nitrogens with one attached hydrogen (secondary N) is 2. The normalized spacial score (nSPS) is 12.7. The number of aromatic nitrogens is 1. The number of benzene rings is 1. The van der Waals surface area contributed by atoms with Gasteiger partial charge in [0, 0.05) is 37.3 Å². The first-order valence-corrected chi connectivity index (χ1v) is 9.21. The lowest BCUT2D eigenvalue weighted by molar-refractivity contribution is -0.0505. The highest BCUT2D eigenvalue weighted by Gasteiger charge is 2.20. The molecule has 0 fully saturated rings. The van der Waals surface area contributed by atoms with Gasteiger partial charge in [0.1, 0.15) is 11.5 Å². The van der Waals surface area contributed by atoms with Crippen molar-refractivity contribution in [3.8, 4) is 17.2 Å². The highest BCUT2D eigenvalue weighted by molar-refractivity contribution is 14.0. The van der Waals surface area contributed by atoms with E-state index in [9.17, 15) is 8.78 Å². The summed E-state index contributed by atoms with van der Waals surface area (Å²) in [4.78, 5) is 4.15. The molecular weight excluding hydrogens is 513 g/mol. The van der Waals surface area contributed by atoms with Gasteiger partial charge in [-0.25, -0.2) is 0 Å². The van der Waals surface area contributed by atoms with Gasteiger partial charge in [-0.1, -0.05) is 5.16 Å². The Kier molecular flexibility index (Phi) is 8.93. The molecule has 166 valence electrons. The summed E-state index contributed by atoms with van der Waals surface area (Å²) >= 11 is 0. The minimum atomic E-state index is -2.93. The van der Waals surface area contributed by atoms with Crippen molar-refractivity contribution in [1.82, 2.24) is 15.8 Å². The Bertz CT molecular complexity index is 857. The van der Waals surface area contributed by atoms with Gasteiger partial charge in [-0.3, -0.25) is 4.99 Å². The first-order chi connectivity index (χ1) is 14.0. The second-order valence-electron chi connectivity index (χ2n) is 6.45. The molecule has 0 spiro atoms. The van der Waals surface area contributed by atoms with Crippen LogP contribution in [0.4, 0.5) is 8.78 Å². The summed E-state index contributed by atoms with van der Waals surface area (Å²) in [6, 6.07) is 3.03. The van der Waals surface area contributed by atoms with Crippen LogP contribution in [0.3, 0.4) is 0 Å². The summed E-state index contributed by atoms with van der Waals surface area (Å²) in [5.74, 6) is 2.28. The molecule has 1 aromatic carbocycles. The maximum absolute atomic E-state index is 12.7. The van der Waals surface area contributed by atoms with Crippen molar-refractivity contribution in [3.05, 3.63) is 34.7 Å². The zero-order chi connectivity index (χ0) is 20.8. The van der Waals surface area contributed by atoms with Gasteiger partial charge in [-0.15, -0.1) is 24.0 Å². The lowest BCUT2D eigenvalue weighted by Gasteiger charge is -2.15. The number of rotatable bonds is 8. The third-order valence-electron chi connectivity index (χ3n) is 4.52. The van der Waals surface area contributed by atoms with Gasteiger partial charge in [0.25, 0.3) is 0 Å². The lowest BCUT2D eigenvalue weighted by atomic mass is 10.1. The van der Waals surface area contributed by atoms with E-state index < -0.39 is 6.61 Å². The smallest absolute Gasteiger partial charge is 0.387 e. The standard InChI is InChI=1S/C19H24F2N4O4.HI/c1-11-14(12(2)29-25-11)5-4-6-23-19(22-3)24-9-13-7-16-17(27-10-26-16)8-15(13)28-18(20)21;/h7-8,18H,4-6,9-10H2,1-3H3,(H2,22,23,24);1H. The Labute approximate surface area is 190 Å². The van der Waals surface area contributed by atoms with E-state index in [4.69, 9.17) is 14.0 Å². The first-order valence-electron chi connectivity index (χ1n) is 9.21. The van der Waals surface area contributed by atoms with Crippen LogP contribution in [0, 0.1) is 13.8 Å². The topological polar surface area (TPSA) is 90.1 Å². The number of alkyl halides is 2. The molecule has 0 radical (unpaired) electrons. The maximum Gasteiger partial charge on any atom is 0.387 e. The summed E-state index contributed by atoms with van der Waals surface area (Å²) in [6.45, 7) is 1.83. The van der Waals surface area contributed by atoms with Crippen molar-refractivity contribution in [3.63, 3.8) is 0 Å². The van der Waals surface area contributed by atoms with Gasteiger partial charge in [0.2, 0.25) is 6.79 Å². The number of guanidine groups is 1. The third-order valence-corrected chi connectivity index (χ3v) is 4.52. The molecule has 1 aliphatic heterocycles. The molecule has 8 nitrogen and oxygen atoms in total. The van der Waals surface area contributed by atoms with Crippen LogP contribution in [0.15, 0.2) is 21.6 Å². The SMILES string of the molecule is CN=C(NCCCc1c(C)noc1C)NCc1cc2c(cc1OC(F)F)OCO2.I. The molecule has 2 aromatic rings. The van der Waals surface area contributed by atoms with Gasteiger partial charge in [0.15, 0.2) is 17.5 Å². The largest absolute Gasteiger partial charge is 0.454 e. The Morgan fingerprint density at radius 1 is 1.23 bits per heavy atom.